The van der Waals surface area contributed by atoms with Crippen LogP contribution in [-0.4, -0.2) is 44.8 Å². The van der Waals surface area contributed by atoms with E-state index in [4.69, 9.17) is 16.3 Å². The largest absolute Gasteiger partial charge is 0.373 e. The normalized spacial score (nSPS) is 15.6. The van der Waals surface area contributed by atoms with E-state index >= 15 is 0 Å². The summed E-state index contributed by atoms with van der Waals surface area (Å²) < 4.78 is 7.63. The van der Waals surface area contributed by atoms with Crippen molar-refractivity contribution in [2.75, 3.05) is 13.1 Å². The van der Waals surface area contributed by atoms with Gasteiger partial charge >= 0.3 is 0 Å². The van der Waals surface area contributed by atoms with E-state index in [1.807, 2.05) is 37.1 Å². The van der Waals surface area contributed by atoms with Crippen molar-refractivity contribution in [3.8, 4) is 0 Å². The van der Waals surface area contributed by atoms with Gasteiger partial charge in [0.15, 0.2) is 0 Å². The van der Waals surface area contributed by atoms with E-state index in [1.54, 1.807) is 10.9 Å². The minimum atomic E-state index is 0.0768. The number of piperidine rings is 1. The number of likely N-dealkylation sites (tertiary alicyclic amines) is 1. The molecule has 3 heterocycles. The number of hydrogen-bond acceptors (Lipinski definition) is 4. The van der Waals surface area contributed by atoms with Crippen LogP contribution in [0, 0.1) is 13.8 Å². The standard InChI is InChI=1S/C18H23ClN4O2/c1-13-18(19)14(2)23(21-13)11-17(24)22-8-5-16(6-9-22)25-12-15-4-3-7-20-10-15/h3-4,7,10,16H,5-6,8-9,11-12H2,1-2H3. The lowest BCUT2D eigenvalue weighted by molar-refractivity contribution is -0.134. The third kappa shape index (κ3) is 4.38. The summed E-state index contributed by atoms with van der Waals surface area (Å²) >= 11 is 6.14. The highest BCUT2D eigenvalue weighted by molar-refractivity contribution is 6.31. The molecule has 134 valence electrons. The molecule has 0 aromatic carbocycles. The summed E-state index contributed by atoms with van der Waals surface area (Å²) in [5.74, 6) is 0.0768. The maximum absolute atomic E-state index is 12.5. The number of aromatic nitrogens is 3. The second-order valence-corrected chi connectivity index (χ2v) is 6.77. The zero-order valence-electron chi connectivity index (χ0n) is 14.6. The Kier molecular flexibility index (Phi) is 5.71. The van der Waals surface area contributed by atoms with Crippen LogP contribution in [0.2, 0.25) is 5.02 Å². The maximum Gasteiger partial charge on any atom is 0.244 e. The zero-order valence-corrected chi connectivity index (χ0v) is 15.4. The van der Waals surface area contributed by atoms with Gasteiger partial charge in [-0.2, -0.15) is 5.10 Å². The van der Waals surface area contributed by atoms with Crippen molar-refractivity contribution in [1.82, 2.24) is 19.7 Å². The van der Waals surface area contributed by atoms with Crippen LogP contribution in [0.5, 0.6) is 0 Å². The number of ether oxygens (including phenoxy) is 1. The molecule has 0 spiro atoms. The molecule has 2 aromatic heterocycles. The second-order valence-electron chi connectivity index (χ2n) is 6.39. The Balaban J connectivity index is 1.46. The number of hydrogen-bond donors (Lipinski definition) is 0. The van der Waals surface area contributed by atoms with Crippen LogP contribution < -0.4 is 0 Å². The Morgan fingerprint density at radius 2 is 2.12 bits per heavy atom. The summed E-state index contributed by atoms with van der Waals surface area (Å²) in [6.45, 7) is 5.96. The number of carbonyl (C=O) groups excluding carboxylic acids is 1. The first kappa shape index (κ1) is 17.9. The van der Waals surface area contributed by atoms with Gasteiger partial charge in [-0.25, -0.2) is 0 Å². The lowest BCUT2D eigenvalue weighted by atomic mass is 10.1. The molecular weight excluding hydrogens is 340 g/mol. The molecule has 7 heteroatoms. The Hall–Kier alpha value is -1.92. The van der Waals surface area contributed by atoms with E-state index < -0.39 is 0 Å². The van der Waals surface area contributed by atoms with Gasteiger partial charge in [-0.3, -0.25) is 14.5 Å². The Morgan fingerprint density at radius 1 is 1.36 bits per heavy atom. The summed E-state index contributed by atoms with van der Waals surface area (Å²) in [4.78, 5) is 18.5. The van der Waals surface area contributed by atoms with Gasteiger partial charge in [-0.15, -0.1) is 0 Å². The van der Waals surface area contributed by atoms with E-state index in [0.29, 0.717) is 24.7 Å². The molecule has 0 atom stereocenters. The minimum Gasteiger partial charge on any atom is -0.373 e. The van der Waals surface area contributed by atoms with E-state index in [9.17, 15) is 4.79 Å². The Labute approximate surface area is 152 Å². The van der Waals surface area contributed by atoms with Gasteiger partial charge in [0, 0.05) is 25.5 Å². The maximum atomic E-state index is 12.5. The van der Waals surface area contributed by atoms with E-state index in [-0.39, 0.29) is 18.6 Å². The van der Waals surface area contributed by atoms with Gasteiger partial charge in [0.05, 0.1) is 29.1 Å². The van der Waals surface area contributed by atoms with Gasteiger partial charge in [0.1, 0.15) is 6.54 Å². The monoisotopic (exact) mass is 362 g/mol. The summed E-state index contributed by atoms with van der Waals surface area (Å²) in [5.41, 5.74) is 2.67. The number of rotatable bonds is 5. The van der Waals surface area contributed by atoms with Crippen molar-refractivity contribution in [1.29, 1.82) is 0 Å². The topological polar surface area (TPSA) is 60.2 Å². The predicted octanol–water partition coefficient (Wildman–Crippen LogP) is 2.76. The van der Waals surface area contributed by atoms with E-state index in [2.05, 4.69) is 10.1 Å². The highest BCUT2D eigenvalue weighted by Gasteiger charge is 2.24. The second kappa shape index (κ2) is 7.97. The first-order valence-corrected chi connectivity index (χ1v) is 8.90. The lowest BCUT2D eigenvalue weighted by Crippen LogP contribution is -2.42. The van der Waals surface area contributed by atoms with Gasteiger partial charge in [0.25, 0.3) is 0 Å². The molecule has 0 radical (unpaired) electrons. The molecule has 25 heavy (non-hydrogen) atoms. The van der Waals surface area contributed by atoms with Crippen LogP contribution >= 0.6 is 11.6 Å². The van der Waals surface area contributed by atoms with Crippen LogP contribution in [-0.2, 0) is 22.7 Å². The summed E-state index contributed by atoms with van der Waals surface area (Å²) in [6.07, 6.45) is 5.46. The highest BCUT2D eigenvalue weighted by Crippen LogP contribution is 2.20. The SMILES string of the molecule is Cc1nn(CC(=O)N2CCC(OCc3cccnc3)CC2)c(C)c1Cl. The lowest BCUT2D eigenvalue weighted by Gasteiger charge is -2.32. The minimum absolute atomic E-state index is 0.0768. The van der Waals surface area contributed by atoms with Gasteiger partial charge < -0.3 is 9.64 Å². The molecule has 0 bridgehead atoms. The molecule has 1 aliphatic rings. The van der Waals surface area contributed by atoms with E-state index in [1.165, 1.54) is 0 Å². The number of amides is 1. The molecule has 1 aliphatic heterocycles. The molecule has 0 N–H and O–H groups in total. The number of carbonyl (C=O) groups is 1. The van der Waals surface area contributed by atoms with Crippen LogP contribution in [0.15, 0.2) is 24.5 Å². The summed E-state index contributed by atoms with van der Waals surface area (Å²) in [7, 11) is 0. The quantitative estimate of drug-likeness (QED) is 0.820. The van der Waals surface area contributed by atoms with Crippen molar-refractivity contribution in [2.45, 2.75) is 45.9 Å². The fourth-order valence-electron chi connectivity index (χ4n) is 3.03. The molecule has 0 unspecified atom stereocenters. The van der Waals surface area contributed by atoms with Gasteiger partial charge in [-0.1, -0.05) is 17.7 Å². The fourth-order valence-corrected chi connectivity index (χ4v) is 3.16. The number of pyridine rings is 1. The van der Waals surface area contributed by atoms with E-state index in [0.717, 1.165) is 29.8 Å². The molecule has 2 aromatic rings. The first-order chi connectivity index (χ1) is 12.0. The number of nitrogens with zero attached hydrogens (tertiary/aromatic N) is 4. The zero-order chi connectivity index (χ0) is 17.8. The predicted molar refractivity (Wildman–Crippen MR) is 95.3 cm³/mol. The first-order valence-electron chi connectivity index (χ1n) is 8.52. The van der Waals surface area contributed by atoms with Crippen LogP contribution in [0.25, 0.3) is 0 Å². The van der Waals surface area contributed by atoms with Crippen LogP contribution in [0.1, 0.15) is 29.8 Å². The molecule has 1 saturated heterocycles. The molecule has 1 amide bonds. The summed E-state index contributed by atoms with van der Waals surface area (Å²) in [5, 5.41) is 4.96. The Morgan fingerprint density at radius 3 is 2.72 bits per heavy atom. The van der Waals surface area contributed by atoms with Crippen molar-refractivity contribution in [3.05, 3.63) is 46.5 Å². The average molecular weight is 363 g/mol. The number of halogens is 1. The molecule has 3 rings (SSSR count). The van der Waals surface area contributed by atoms with Crippen molar-refractivity contribution in [2.24, 2.45) is 0 Å². The third-order valence-corrected chi connectivity index (χ3v) is 5.13. The number of aryl methyl sites for hydroxylation is 1. The summed E-state index contributed by atoms with van der Waals surface area (Å²) in [6, 6.07) is 3.91. The smallest absolute Gasteiger partial charge is 0.244 e. The molecule has 0 aliphatic carbocycles. The highest BCUT2D eigenvalue weighted by atomic mass is 35.5. The molecular formula is C18H23ClN4O2. The van der Waals surface area contributed by atoms with Crippen molar-refractivity contribution >= 4 is 17.5 Å². The fraction of sp³-hybridized carbons (Fsp3) is 0.500. The molecule has 0 saturated carbocycles. The Bertz CT molecular complexity index is 724. The van der Waals surface area contributed by atoms with Gasteiger partial charge in [-0.05, 0) is 38.3 Å². The molecule has 6 nitrogen and oxygen atoms in total. The van der Waals surface area contributed by atoms with Crippen molar-refractivity contribution in [3.63, 3.8) is 0 Å². The van der Waals surface area contributed by atoms with Crippen LogP contribution in [0.3, 0.4) is 0 Å². The van der Waals surface area contributed by atoms with Crippen LogP contribution in [0.4, 0.5) is 0 Å². The average Bonchev–Trinajstić information content (AvgIpc) is 2.88. The molecule has 1 fully saturated rings. The van der Waals surface area contributed by atoms with Crippen molar-refractivity contribution < 1.29 is 9.53 Å². The third-order valence-electron chi connectivity index (χ3n) is 4.58. The van der Waals surface area contributed by atoms with Gasteiger partial charge in [0.2, 0.25) is 5.91 Å².